The molecule has 2 atom stereocenters. The Hall–Kier alpha value is -0.780. The van der Waals surface area contributed by atoms with Gasteiger partial charge in [-0.2, -0.15) is 4.31 Å². The molecule has 25 heavy (non-hydrogen) atoms. The van der Waals surface area contributed by atoms with Gasteiger partial charge >= 0.3 is 0 Å². The van der Waals surface area contributed by atoms with Gasteiger partial charge in [-0.1, -0.05) is 45.2 Å². The minimum atomic E-state index is -3.62. The van der Waals surface area contributed by atoms with Gasteiger partial charge in [-0.05, 0) is 49.3 Å². The van der Waals surface area contributed by atoms with Crippen LogP contribution < -0.4 is 4.74 Å². The van der Waals surface area contributed by atoms with E-state index in [-0.39, 0.29) is 4.90 Å². The number of sulfonamides is 1. The van der Waals surface area contributed by atoms with E-state index in [4.69, 9.17) is 16.3 Å². The first-order valence-electron chi connectivity index (χ1n) is 9.18. The Balaban J connectivity index is 2.33. The summed E-state index contributed by atoms with van der Waals surface area (Å²) >= 11 is 6.23. The molecule has 142 valence electrons. The normalized spacial score (nSPS) is 22.1. The summed E-state index contributed by atoms with van der Waals surface area (Å²) < 4.78 is 33.9. The smallest absolute Gasteiger partial charge is 0.246 e. The number of rotatable bonds is 7. The Kier molecular flexibility index (Phi) is 7.18. The zero-order valence-electron chi connectivity index (χ0n) is 15.7. The van der Waals surface area contributed by atoms with Crippen molar-refractivity contribution in [1.82, 2.24) is 4.31 Å². The zero-order valence-corrected chi connectivity index (χ0v) is 17.3. The maximum atomic E-state index is 13.2. The molecule has 0 aromatic heterocycles. The molecular formula is C19H30ClNO3S. The van der Waals surface area contributed by atoms with Crippen LogP contribution in [0.1, 0.15) is 52.0 Å². The van der Waals surface area contributed by atoms with Crippen molar-refractivity contribution in [3.8, 4) is 5.75 Å². The van der Waals surface area contributed by atoms with Gasteiger partial charge < -0.3 is 4.74 Å². The van der Waals surface area contributed by atoms with Crippen molar-refractivity contribution in [1.29, 1.82) is 0 Å². The molecule has 1 saturated heterocycles. The van der Waals surface area contributed by atoms with Crippen LogP contribution in [0.15, 0.2) is 17.0 Å². The van der Waals surface area contributed by atoms with Gasteiger partial charge in [-0.3, -0.25) is 0 Å². The SMILES string of the molecule is CCCCCOc1cc(C)c(Cl)cc1S(=O)(=O)N1C[C@@H](C)C[C@H](C)C1. The van der Waals surface area contributed by atoms with E-state index in [1.165, 1.54) is 0 Å². The highest BCUT2D eigenvalue weighted by Gasteiger charge is 2.34. The molecule has 1 heterocycles. The summed E-state index contributed by atoms with van der Waals surface area (Å²) in [5.41, 5.74) is 0.825. The Labute approximate surface area is 157 Å². The average Bonchev–Trinajstić information content (AvgIpc) is 2.53. The molecule has 0 unspecified atom stereocenters. The third-order valence-corrected chi connectivity index (χ3v) is 6.94. The monoisotopic (exact) mass is 387 g/mol. The summed E-state index contributed by atoms with van der Waals surface area (Å²) in [7, 11) is -3.62. The van der Waals surface area contributed by atoms with Crippen LogP contribution in [0, 0.1) is 18.8 Å². The van der Waals surface area contributed by atoms with Crippen LogP contribution in [0.3, 0.4) is 0 Å². The number of benzene rings is 1. The molecule has 0 bridgehead atoms. The summed E-state index contributed by atoms with van der Waals surface area (Å²) in [4.78, 5) is 0.195. The van der Waals surface area contributed by atoms with Gasteiger partial charge in [-0.25, -0.2) is 8.42 Å². The number of unbranched alkanes of at least 4 members (excludes halogenated alkanes) is 2. The fraction of sp³-hybridized carbons (Fsp3) is 0.684. The van der Waals surface area contributed by atoms with Crippen LogP contribution >= 0.6 is 11.6 Å². The third-order valence-electron chi connectivity index (χ3n) is 4.68. The highest BCUT2D eigenvalue weighted by Crippen LogP contribution is 2.35. The quantitative estimate of drug-likeness (QED) is 0.626. The molecule has 6 heteroatoms. The molecule has 0 N–H and O–H groups in total. The fourth-order valence-corrected chi connectivity index (χ4v) is 5.47. The Morgan fingerprint density at radius 3 is 2.44 bits per heavy atom. The van der Waals surface area contributed by atoms with Gasteiger partial charge in [0.05, 0.1) is 6.61 Å². The molecule has 0 saturated carbocycles. The molecule has 0 amide bonds. The van der Waals surface area contributed by atoms with Gasteiger partial charge in [0, 0.05) is 18.1 Å². The average molecular weight is 388 g/mol. The molecule has 1 aliphatic heterocycles. The molecule has 4 nitrogen and oxygen atoms in total. The number of hydrogen-bond donors (Lipinski definition) is 0. The number of piperidine rings is 1. The lowest BCUT2D eigenvalue weighted by Crippen LogP contribution is -2.42. The van der Waals surface area contributed by atoms with Crippen molar-refractivity contribution in [2.24, 2.45) is 11.8 Å². The van der Waals surface area contributed by atoms with Crippen LogP contribution in [0.25, 0.3) is 0 Å². The lowest BCUT2D eigenvalue weighted by molar-refractivity contribution is 0.221. The number of aryl methyl sites for hydroxylation is 1. The molecule has 0 radical (unpaired) electrons. The van der Waals surface area contributed by atoms with E-state index >= 15 is 0 Å². The first-order chi connectivity index (χ1) is 11.8. The van der Waals surface area contributed by atoms with E-state index in [2.05, 4.69) is 20.8 Å². The van der Waals surface area contributed by atoms with E-state index in [1.54, 1.807) is 16.4 Å². The van der Waals surface area contributed by atoms with E-state index < -0.39 is 10.0 Å². The molecule has 1 aromatic carbocycles. The summed E-state index contributed by atoms with van der Waals surface area (Å²) in [5.74, 6) is 1.13. The molecule has 2 rings (SSSR count). The predicted octanol–water partition coefficient (Wildman–Crippen LogP) is 4.88. The first kappa shape index (κ1) is 20.5. The molecule has 1 aromatic rings. The van der Waals surface area contributed by atoms with Crippen molar-refractivity contribution in [3.63, 3.8) is 0 Å². The van der Waals surface area contributed by atoms with Crippen molar-refractivity contribution >= 4 is 21.6 Å². The molecular weight excluding hydrogens is 358 g/mol. The van der Waals surface area contributed by atoms with Crippen molar-refractivity contribution in [3.05, 3.63) is 22.7 Å². The second kappa shape index (κ2) is 8.74. The molecule has 0 aliphatic carbocycles. The summed E-state index contributed by atoms with van der Waals surface area (Å²) in [6, 6.07) is 3.29. The molecule has 1 fully saturated rings. The maximum absolute atomic E-state index is 13.2. The number of ether oxygens (including phenoxy) is 1. The van der Waals surface area contributed by atoms with Gasteiger partial charge in [-0.15, -0.1) is 0 Å². The van der Waals surface area contributed by atoms with E-state index in [0.717, 1.165) is 31.2 Å². The second-order valence-corrected chi connectivity index (χ2v) is 9.69. The number of nitrogens with zero attached hydrogens (tertiary/aromatic N) is 1. The van der Waals surface area contributed by atoms with Gasteiger partial charge in [0.1, 0.15) is 10.6 Å². The standard InChI is InChI=1S/C19H30ClNO3S/c1-5-6-7-8-24-18-10-16(4)17(20)11-19(18)25(22,23)21-12-14(2)9-15(3)13-21/h10-11,14-15H,5-9,12-13H2,1-4H3/t14-,15-/m0/s1. The maximum Gasteiger partial charge on any atom is 0.246 e. The van der Waals surface area contributed by atoms with Gasteiger partial charge in [0.25, 0.3) is 0 Å². The minimum Gasteiger partial charge on any atom is -0.492 e. The first-order valence-corrected chi connectivity index (χ1v) is 11.0. The Morgan fingerprint density at radius 1 is 1.20 bits per heavy atom. The Bertz CT molecular complexity index is 680. The molecule has 1 aliphatic rings. The highest BCUT2D eigenvalue weighted by molar-refractivity contribution is 7.89. The summed E-state index contributed by atoms with van der Waals surface area (Å²) in [6.45, 7) is 9.81. The number of hydrogen-bond acceptors (Lipinski definition) is 3. The van der Waals surface area contributed by atoms with Crippen molar-refractivity contribution in [2.45, 2.75) is 58.3 Å². The highest BCUT2D eigenvalue weighted by atomic mass is 35.5. The van der Waals surface area contributed by atoms with E-state index in [0.29, 0.717) is 42.3 Å². The van der Waals surface area contributed by atoms with Crippen molar-refractivity contribution in [2.75, 3.05) is 19.7 Å². The minimum absolute atomic E-state index is 0.195. The number of halogens is 1. The van der Waals surface area contributed by atoms with E-state index in [1.807, 2.05) is 6.92 Å². The van der Waals surface area contributed by atoms with Crippen LogP contribution in [-0.4, -0.2) is 32.4 Å². The second-order valence-electron chi connectivity index (χ2n) is 7.37. The fourth-order valence-electron chi connectivity index (χ4n) is 3.43. The predicted molar refractivity (Wildman–Crippen MR) is 103 cm³/mol. The topological polar surface area (TPSA) is 46.6 Å². The lowest BCUT2D eigenvalue weighted by atomic mass is 9.94. The van der Waals surface area contributed by atoms with Crippen LogP contribution in [0.4, 0.5) is 0 Å². The van der Waals surface area contributed by atoms with Gasteiger partial charge in [0.2, 0.25) is 10.0 Å². The Morgan fingerprint density at radius 2 is 1.84 bits per heavy atom. The summed E-state index contributed by atoms with van der Waals surface area (Å²) in [6.07, 6.45) is 4.13. The lowest BCUT2D eigenvalue weighted by Gasteiger charge is -2.34. The third kappa shape index (κ3) is 5.11. The van der Waals surface area contributed by atoms with Crippen LogP contribution in [0.2, 0.25) is 5.02 Å². The molecule has 0 spiro atoms. The largest absolute Gasteiger partial charge is 0.492 e. The van der Waals surface area contributed by atoms with E-state index in [9.17, 15) is 8.42 Å². The van der Waals surface area contributed by atoms with Crippen LogP contribution in [-0.2, 0) is 10.0 Å². The van der Waals surface area contributed by atoms with Crippen LogP contribution in [0.5, 0.6) is 5.75 Å². The van der Waals surface area contributed by atoms with Crippen molar-refractivity contribution < 1.29 is 13.2 Å². The van der Waals surface area contributed by atoms with Gasteiger partial charge in [0.15, 0.2) is 0 Å². The summed E-state index contributed by atoms with van der Waals surface area (Å²) in [5, 5.41) is 0.456. The zero-order chi connectivity index (χ0) is 18.6.